The normalized spacial score (nSPS) is 28.1. The van der Waals surface area contributed by atoms with Crippen LogP contribution in [0.3, 0.4) is 0 Å². The zero-order chi connectivity index (χ0) is 10.7. The van der Waals surface area contributed by atoms with Crippen molar-refractivity contribution in [2.75, 3.05) is 28.3 Å². The number of ether oxygens (including phenoxy) is 1. The fraction of sp³-hybridized carbons (Fsp3) is 0.800. The van der Waals surface area contributed by atoms with Gasteiger partial charge in [-0.15, -0.1) is 0 Å². The second-order valence-corrected chi connectivity index (χ2v) is 3.96. The molecule has 0 fully saturated rings. The average molecular weight is 199 g/mol. The fourth-order valence-corrected chi connectivity index (χ4v) is 1.95. The van der Waals surface area contributed by atoms with Crippen LogP contribution in [-0.4, -0.2) is 50.4 Å². The van der Waals surface area contributed by atoms with Crippen LogP contribution in [0.25, 0.3) is 0 Å². The molecule has 0 radical (unpaired) electrons. The van der Waals surface area contributed by atoms with E-state index >= 15 is 0 Å². The molecule has 0 aromatic carbocycles. The van der Waals surface area contributed by atoms with Crippen molar-refractivity contribution in [1.82, 2.24) is 15.3 Å². The summed E-state index contributed by atoms with van der Waals surface area (Å²) in [6, 6.07) is 0. The third-order valence-electron chi connectivity index (χ3n) is 2.59. The van der Waals surface area contributed by atoms with Crippen molar-refractivity contribution in [2.45, 2.75) is 25.6 Å². The van der Waals surface area contributed by atoms with E-state index < -0.39 is 0 Å². The van der Waals surface area contributed by atoms with Gasteiger partial charge in [0.05, 0.1) is 6.10 Å². The Hall–Kier alpha value is -0.580. The van der Waals surface area contributed by atoms with Crippen LogP contribution in [0.2, 0.25) is 0 Å². The van der Waals surface area contributed by atoms with Crippen LogP contribution >= 0.6 is 0 Å². The summed E-state index contributed by atoms with van der Waals surface area (Å²) in [5.74, 6) is 0. The van der Waals surface area contributed by atoms with Crippen LogP contribution in [0.4, 0.5) is 0 Å². The maximum atomic E-state index is 5.50. The van der Waals surface area contributed by atoms with E-state index in [2.05, 4.69) is 42.6 Å². The van der Waals surface area contributed by atoms with Gasteiger partial charge in [0.2, 0.25) is 0 Å². The molecule has 4 nitrogen and oxygen atoms in total. The molecule has 0 aliphatic carbocycles. The lowest BCUT2D eigenvalue weighted by atomic mass is 10.0. The molecule has 0 spiro atoms. The monoisotopic (exact) mass is 199 g/mol. The first-order valence-electron chi connectivity index (χ1n) is 4.92. The molecule has 4 heteroatoms. The topological polar surface area (TPSA) is 27.7 Å². The molecular formula is C10H21N3O. The van der Waals surface area contributed by atoms with Gasteiger partial charge < -0.3 is 4.74 Å². The maximum Gasteiger partial charge on any atom is 0.123 e. The number of hydrazine groups is 1. The van der Waals surface area contributed by atoms with E-state index in [9.17, 15) is 0 Å². The first kappa shape index (κ1) is 11.5. The number of hydrogen-bond donors (Lipinski definition) is 1. The highest BCUT2D eigenvalue weighted by atomic mass is 16.5. The van der Waals surface area contributed by atoms with Crippen LogP contribution in [-0.2, 0) is 4.74 Å². The third-order valence-corrected chi connectivity index (χ3v) is 2.59. The molecule has 0 saturated carbocycles. The molecule has 0 aromatic rings. The summed E-state index contributed by atoms with van der Waals surface area (Å²) in [5, 5.41) is 2.09. The van der Waals surface area contributed by atoms with Gasteiger partial charge in [0, 0.05) is 20.4 Å². The van der Waals surface area contributed by atoms with Gasteiger partial charge in [-0.05, 0) is 27.4 Å². The number of hydrogen-bond acceptors (Lipinski definition) is 4. The molecule has 82 valence electrons. The Balaban J connectivity index is 2.84. The Morgan fingerprint density at radius 3 is 2.64 bits per heavy atom. The maximum absolute atomic E-state index is 5.50. The summed E-state index contributed by atoms with van der Waals surface area (Å²) < 4.78 is 5.50. The van der Waals surface area contributed by atoms with Gasteiger partial charge >= 0.3 is 0 Å². The Morgan fingerprint density at radius 1 is 1.57 bits per heavy atom. The quantitative estimate of drug-likeness (QED) is 0.721. The minimum absolute atomic E-state index is 0.224. The van der Waals surface area contributed by atoms with Crippen molar-refractivity contribution in [3.63, 3.8) is 0 Å². The summed E-state index contributed by atoms with van der Waals surface area (Å²) in [4.78, 5) is 2.16. The number of nitrogens with zero attached hydrogens (tertiary/aromatic N) is 2. The average Bonchev–Trinajstić information content (AvgIpc) is 2.15. The second kappa shape index (κ2) is 4.77. The molecule has 2 unspecified atom stereocenters. The van der Waals surface area contributed by atoms with E-state index in [-0.39, 0.29) is 12.3 Å². The van der Waals surface area contributed by atoms with Crippen molar-refractivity contribution in [3.8, 4) is 0 Å². The Morgan fingerprint density at radius 2 is 2.21 bits per heavy atom. The lowest BCUT2D eigenvalue weighted by Crippen LogP contribution is -2.56. The van der Waals surface area contributed by atoms with Crippen LogP contribution in [0, 0.1) is 0 Å². The summed E-state index contributed by atoms with van der Waals surface area (Å²) in [7, 11) is 7.83. The van der Waals surface area contributed by atoms with E-state index in [4.69, 9.17) is 4.74 Å². The summed E-state index contributed by atoms with van der Waals surface area (Å²) in [6.07, 6.45) is 3.62. The molecule has 1 aliphatic rings. The van der Waals surface area contributed by atoms with Crippen LogP contribution in [0.5, 0.6) is 0 Å². The van der Waals surface area contributed by atoms with Gasteiger partial charge in [0.15, 0.2) is 0 Å². The highest BCUT2D eigenvalue weighted by Crippen LogP contribution is 2.22. The zero-order valence-electron chi connectivity index (χ0n) is 9.74. The number of likely N-dealkylation sites (N-methyl/N-ethyl adjacent to an activating group) is 1. The number of methoxy groups -OCH3 is 1. The fourth-order valence-electron chi connectivity index (χ4n) is 1.95. The smallest absolute Gasteiger partial charge is 0.123 e. The predicted molar refractivity (Wildman–Crippen MR) is 57.5 cm³/mol. The van der Waals surface area contributed by atoms with E-state index in [1.54, 1.807) is 7.11 Å². The summed E-state index contributed by atoms with van der Waals surface area (Å²) in [5.41, 5.74) is 4.50. The minimum atomic E-state index is 0.224. The molecule has 2 atom stereocenters. The molecule has 0 saturated heterocycles. The lowest BCUT2D eigenvalue weighted by molar-refractivity contribution is -0.0530. The molecular weight excluding hydrogens is 178 g/mol. The lowest BCUT2D eigenvalue weighted by Gasteiger charge is -2.42. The third kappa shape index (κ3) is 2.26. The molecule has 1 aliphatic heterocycles. The highest BCUT2D eigenvalue weighted by Gasteiger charge is 2.31. The molecule has 1 rings (SSSR count). The van der Waals surface area contributed by atoms with Crippen molar-refractivity contribution in [1.29, 1.82) is 0 Å². The molecule has 0 bridgehead atoms. The number of rotatable bonds is 3. The standard InChI is InChI=1S/C10H21N3O/c1-8-6-9(14-5)10(12(3)4)13(7-8)11-2/h7,9-11H,6H2,1-5H3. The summed E-state index contributed by atoms with van der Waals surface area (Å²) in [6.45, 7) is 2.13. The van der Waals surface area contributed by atoms with E-state index in [0.717, 1.165) is 6.42 Å². The minimum Gasteiger partial charge on any atom is -0.377 e. The molecule has 14 heavy (non-hydrogen) atoms. The first-order valence-corrected chi connectivity index (χ1v) is 4.92. The Bertz CT molecular complexity index is 215. The molecule has 1 N–H and O–H groups in total. The van der Waals surface area contributed by atoms with Crippen LogP contribution in [0.15, 0.2) is 11.8 Å². The predicted octanol–water partition coefficient (Wildman–Crippen LogP) is 0.633. The second-order valence-electron chi connectivity index (χ2n) is 3.96. The van der Waals surface area contributed by atoms with E-state index in [0.29, 0.717) is 0 Å². The van der Waals surface area contributed by atoms with Crippen molar-refractivity contribution >= 4 is 0 Å². The Kier molecular flexibility index (Phi) is 3.92. The van der Waals surface area contributed by atoms with Gasteiger partial charge in [-0.3, -0.25) is 9.91 Å². The SMILES string of the molecule is CNN1C=C(C)CC(OC)C1N(C)C. The molecule has 0 amide bonds. The highest BCUT2D eigenvalue weighted by molar-refractivity contribution is 5.06. The van der Waals surface area contributed by atoms with Crippen molar-refractivity contribution in [3.05, 3.63) is 11.8 Å². The zero-order valence-corrected chi connectivity index (χ0v) is 9.74. The van der Waals surface area contributed by atoms with E-state index in [1.807, 2.05) is 7.05 Å². The van der Waals surface area contributed by atoms with Crippen LogP contribution in [0.1, 0.15) is 13.3 Å². The first-order chi connectivity index (χ1) is 6.60. The molecule has 0 aromatic heterocycles. The van der Waals surface area contributed by atoms with E-state index in [1.165, 1.54) is 5.57 Å². The van der Waals surface area contributed by atoms with Crippen molar-refractivity contribution in [2.24, 2.45) is 0 Å². The van der Waals surface area contributed by atoms with Crippen LogP contribution < -0.4 is 5.43 Å². The van der Waals surface area contributed by atoms with Gasteiger partial charge in [-0.25, -0.2) is 5.43 Å². The van der Waals surface area contributed by atoms with Gasteiger partial charge in [-0.1, -0.05) is 5.57 Å². The molecule has 1 heterocycles. The van der Waals surface area contributed by atoms with Gasteiger partial charge in [0.1, 0.15) is 6.17 Å². The Labute approximate surface area is 86.5 Å². The largest absolute Gasteiger partial charge is 0.377 e. The van der Waals surface area contributed by atoms with Gasteiger partial charge in [0.25, 0.3) is 0 Å². The summed E-state index contributed by atoms with van der Waals surface area (Å²) >= 11 is 0. The van der Waals surface area contributed by atoms with Crippen molar-refractivity contribution < 1.29 is 4.74 Å². The van der Waals surface area contributed by atoms with Gasteiger partial charge in [-0.2, -0.15) is 0 Å². The number of nitrogens with one attached hydrogen (secondary N) is 1.